The number of nitrogens with zero attached hydrogens (tertiary/aromatic N) is 1. The molecule has 2 rings (SSSR count). The van der Waals surface area contributed by atoms with Crippen LogP contribution in [-0.4, -0.2) is 38.4 Å². The molecule has 4 nitrogen and oxygen atoms in total. The van der Waals surface area contributed by atoms with Gasteiger partial charge in [0.1, 0.15) is 5.75 Å². The molecule has 0 amide bonds. The van der Waals surface area contributed by atoms with Crippen molar-refractivity contribution in [3.63, 3.8) is 0 Å². The van der Waals surface area contributed by atoms with Crippen LogP contribution in [0.1, 0.15) is 25.3 Å². The molecule has 0 aromatic heterocycles. The Morgan fingerprint density at radius 2 is 2.19 bits per heavy atom. The SMILES string of the molecule is C=C(NC1CCCN1CC)c1c(OC)ccc(F)c1OC. The fraction of sp³-hybridized carbons (Fsp3) is 0.500. The van der Waals surface area contributed by atoms with Crippen molar-refractivity contribution in [2.75, 3.05) is 27.3 Å². The third-order valence-corrected chi connectivity index (χ3v) is 3.91. The van der Waals surface area contributed by atoms with E-state index in [0.29, 0.717) is 17.0 Å². The van der Waals surface area contributed by atoms with E-state index in [1.807, 2.05) is 0 Å². The van der Waals surface area contributed by atoms with Crippen LogP contribution in [-0.2, 0) is 0 Å². The lowest BCUT2D eigenvalue weighted by atomic mass is 10.1. The monoisotopic (exact) mass is 294 g/mol. The molecule has 116 valence electrons. The topological polar surface area (TPSA) is 33.7 Å². The van der Waals surface area contributed by atoms with Crippen LogP contribution in [0.3, 0.4) is 0 Å². The van der Waals surface area contributed by atoms with E-state index in [4.69, 9.17) is 9.47 Å². The molecule has 1 aromatic carbocycles. The lowest BCUT2D eigenvalue weighted by Gasteiger charge is -2.27. The van der Waals surface area contributed by atoms with Crippen LogP contribution in [0.15, 0.2) is 18.7 Å². The van der Waals surface area contributed by atoms with Crippen molar-refractivity contribution in [3.8, 4) is 11.5 Å². The summed E-state index contributed by atoms with van der Waals surface area (Å²) in [6, 6.07) is 2.93. The maximum atomic E-state index is 13.9. The van der Waals surface area contributed by atoms with Crippen molar-refractivity contribution >= 4 is 5.70 Å². The summed E-state index contributed by atoms with van der Waals surface area (Å²) in [6.07, 6.45) is 2.42. The molecule has 1 aliphatic rings. The molecule has 0 radical (unpaired) electrons. The summed E-state index contributed by atoms with van der Waals surface area (Å²) < 4.78 is 24.4. The van der Waals surface area contributed by atoms with E-state index in [1.54, 1.807) is 13.2 Å². The standard InChI is InChI=1S/C16H23FN2O2/c1-5-19-10-6-7-14(19)18-11(2)15-13(20-3)9-8-12(17)16(15)21-4/h8-9,14,18H,2,5-7,10H2,1,3-4H3. The number of benzene rings is 1. The van der Waals surface area contributed by atoms with Crippen LogP contribution in [0.4, 0.5) is 4.39 Å². The van der Waals surface area contributed by atoms with Crippen LogP contribution >= 0.6 is 0 Å². The van der Waals surface area contributed by atoms with Gasteiger partial charge in [0.15, 0.2) is 11.6 Å². The number of nitrogens with one attached hydrogen (secondary N) is 1. The van der Waals surface area contributed by atoms with Gasteiger partial charge in [0.2, 0.25) is 0 Å². The van der Waals surface area contributed by atoms with Crippen LogP contribution in [0.2, 0.25) is 0 Å². The molecule has 0 bridgehead atoms. The number of hydrogen-bond donors (Lipinski definition) is 1. The minimum Gasteiger partial charge on any atom is -0.496 e. The first-order chi connectivity index (χ1) is 10.1. The summed E-state index contributed by atoms with van der Waals surface area (Å²) >= 11 is 0. The summed E-state index contributed by atoms with van der Waals surface area (Å²) in [6.45, 7) is 8.23. The van der Waals surface area contributed by atoms with Gasteiger partial charge in [-0.3, -0.25) is 4.90 Å². The quantitative estimate of drug-likeness (QED) is 0.875. The molecule has 0 aliphatic carbocycles. The Labute approximate surface area is 125 Å². The Morgan fingerprint density at radius 3 is 2.81 bits per heavy atom. The highest BCUT2D eigenvalue weighted by Gasteiger charge is 2.25. The smallest absolute Gasteiger partial charge is 0.167 e. The van der Waals surface area contributed by atoms with Gasteiger partial charge in [-0.25, -0.2) is 4.39 Å². The summed E-state index contributed by atoms with van der Waals surface area (Å²) in [5.41, 5.74) is 1.16. The molecule has 0 spiro atoms. The van der Waals surface area contributed by atoms with Gasteiger partial charge in [0, 0.05) is 12.2 Å². The molecular weight excluding hydrogens is 271 g/mol. The highest BCUT2D eigenvalue weighted by atomic mass is 19.1. The number of rotatable bonds is 6. The van der Waals surface area contributed by atoms with Crippen molar-refractivity contribution in [2.45, 2.75) is 25.9 Å². The fourth-order valence-electron chi connectivity index (χ4n) is 2.84. The summed E-state index contributed by atoms with van der Waals surface area (Å²) in [7, 11) is 3.00. The largest absolute Gasteiger partial charge is 0.496 e. The van der Waals surface area contributed by atoms with E-state index in [0.717, 1.165) is 25.9 Å². The first kappa shape index (κ1) is 15.6. The van der Waals surface area contributed by atoms with Gasteiger partial charge in [-0.1, -0.05) is 13.5 Å². The molecular formula is C16H23FN2O2. The second-order valence-electron chi connectivity index (χ2n) is 5.07. The molecule has 1 heterocycles. The van der Waals surface area contributed by atoms with Gasteiger partial charge in [-0.2, -0.15) is 0 Å². The molecule has 1 aliphatic heterocycles. The Hall–Kier alpha value is -1.75. The van der Waals surface area contributed by atoms with Crippen LogP contribution in [0.25, 0.3) is 5.70 Å². The lowest BCUT2D eigenvalue weighted by Crippen LogP contribution is -2.40. The average molecular weight is 294 g/mol. The zero-order valence-corrected chi connectivity index (χ0v) is 12.9. The maximum Gasteiger partial charge on any atom is 0.167 e. The summed E-state index contributed by atoms with van der Waals surface area (Å²) in [5, 5.41) is 3.38. The van der Waals surface area contributed by atoms with Crippen LogP contribution in [0.5, 0.6) is 11.5 Å². The van der Waals surface area contributed by atoms with E-state index in [2.05, 4.69) is 23.7 Å². The van der Waals surface area contributed by atoms with Crippen molar-refractivity contribution in [1.82, 2.24) is 10.2 Å². The highest BCUT2D eigenvalue weighted by Crippen LogP contribution is 2.35. The maximum absolute atomic E-state index is 13.9. The Bertz CT molecular complexity index is 519. The zero-order valence-electron chi connectivity index (χ0n) is 12.9. The number of likely N-dealkylation sites (tertiary alicyclic amines) is 1. The van der Waals surface area contributed by atoms with Crippen molar-refractivity contribution in [1.29, 1.82) is 0 Å². The third-order valence-electron chi connectivity index (χ3n) is 3.91. The van der Waals surface area contributed by atoms with Crippen LogP contribution in [0, 0.1) is 5.82 Å². The molecule has 1 saturated heterocycles. The number of ether oxygens (including phenoxy) is 2. The van der Waals surface area contributed by atoms with E-state index in [1.165, 1.54) is 13.2 Å². The summed E-state index contributed by atoms with van der Waals surface area (Å²) in [4.78, 5) is 2.34. The van der Waals surface area contributed by atoms with Crippen molar-refractivity contribution in [3.05, 3.63) is 30.1 Å². The van der Waals surface area contributed by atoms with E-state index in [-0.39, 0.29) is 11.9 Å². The zero-order chi connectivity index (χ0) is 15.4. The van der Waals surface area contributed by atoms with E-state index >= 15 is 0 Å². The van der Waals surface area contributed by atoms with E-state index < -0.39 is 5.82 Å². The van der Waals surface area contributed by atoms with Gasteiger partial charge in [-0.05, 0) is 31.5 Å². The normalized spacial score (nSPS) is 18.6. The highest BCUT2D eigenvalue weighted by molar-refractivity contribution is 5.73. The Balaban J connectivity index is 2.28. The average Bonchev–Trinajstić information content (AvgIpc) is 2.93. The van der Waals surface area contributed by atoms with Gasteiger partial charge < -0.3 is 14.8 Å². The van der Waals surface area contributed by atoms with Crippen molar-refractivity contribution in [2.24, 2.45) is 0 Å². The molecule has 1 fully saturated rings. The van der Waals surface area contributed by atoms with Gasteiger partial charge in [-0.15, -0.1) is 0 Å². The second-order valence-corrected chi connectivity index (χ2v) is 5.07. The molecule has 1 aromatic rings. The lowest BCUT2D eigenvalue weighted by molar-refractivity contribution is 0.249. The molecule has 1 unspecified atom stereocenters. The molecule has 5 heteroatoms. The van der Waals surface area contributed by atoms with Crippen LogP contribution < -0.4 is 14.8 Å². The molecule has 1 N–H and O–H groups in total. The molecule has 1 atom stereocenters. The Kier molecular flexibility index (Phi) is 5.07. The first-order valence-corrected chi connectivity index (χ1v) is 7.22. The second kappa shape index (κ2) is 6.80. The summed E-state index contributed by atoms with van der Waals surface area (Å²) in [5.74, 6) is 0.287. The fourth-order valence-corrected chi connectivity index (χ4v) is 2.84. The minimum absolute atomic E-state index is 0.160. The van der Waals surface area contributed by atoms with Gasteiger partial charge >= 0.3 is 0 Å². The molecule has 21 heavy (non-hydrogen) atoms. The Morgan fingerprint density at radius 1 is 1.43 bits per heavy atom. The predicted octanol–water partition coefficient (Wildman–Crippen LogP) is 2.85. The van der Waals surface area contributed by atoms with Gasteiger partial charge in [0.25, 0.3) is 0 Å². The minimum atomic E-state index is -0.421. The third kappa shape index (κ3) is 3.13. The van der Waals surface area contributed by atoms with Gasteiger partial charge in [0.05, 0.1) is 25.9 Å². The number of halogens is 1. The predicted molar refractivity (Wildman–Crippen MR) is 81.9 cm³/mol. The number of methoxy groups -OCH3 is 2. The van der Waals surface area contributed by atoms with Crippen molar-refractivity contribution < 1.29 is 13.9 Å². The molecule has 0 saturated carbocycles. The first-order valence-electron chi connectivity index (χ1n) is 7.22. The number of hydrogen-bond acceptors (Lipinski definition) is 4. The van der Waals surface area contributed by atoms with E-state index in [9.17, 15) is 4.39 Å².